The number of piperidine rings is 1. The molecule has 8 nitrogen and oxygen atoms in total. The highest BCUT2D eigenvalue weighted by atomic mass is 35.5. The smallest absolute Gasteiger partial charge is 0.338 e. The minimum Gasteiger partial charge on any atom is -0.466 e. The summed E-state index contributed by atoms with van der Waals surface area (Å²) in [6, 6.07) is 6.04. The molecule has 1 saturated heterocycles. The zero-order valence-corrected chi connectivity index (χ0v) is 20.5. The molecule has 1 N–H and O–H groups in total. The Kier molecular flexibility index (Phi) is 9.12. The molecule has 2 aliphatic heterocycles. The number of rotatable bonds is 9. The number of carbonyl (C=O) groups excluding carboxylic acids is 3. The van der Waals surface area contributed by atoms with E-state index in [0.29, 0.717) is 60.9 Å². The van der Waals surface area contributed by atoms with Gasteiger partial charge in [-0.05, 0) is 51.4 Å². The SMILES string of the molecule is C=CCN1C(=O)NC(c2ccccc2Cl)C(C(=O)OCC)=C1CN1CCC(C(=O)OCC)CC1. The molecule has 1 atom stereocenters. The first-order valence-corrected chi connectivity index (χ1v) is 12.0. The lowest BCUT2D eigenvalue weighted by Gasteiger charge is -2.39. The van der Waals surface area contributed by atoms with Gasteiger partial charge in [-0.15, -0.1) is 6.58 Å². The molecule has 0 bridgehead atoms. The van der Waals surface area contributed by atoms with E-state index in [1.165, 1.54) is 4.90 Å². The molecule has 2 heterocycles. The van der Waals surface area contributed by atoms with Crippen LogP contribution in [0.5, 0.6) is 0 Å². The topological polar surface area (TPSA) is 88.2 Å². The highest BCUT2D eigenvalue weighted by molar-refractivity contribution is 6.31. The summed E-state index contributed by atoms with van der Waals surface area (Å²) < 4.78 is 10.6. The molecule has 0 radical (unpaired) electrons. The molecule has 0 saturated carbocycles. The van der Waals surface area contributed by atoms with Gasteiger partial charge in [0.1, 0.15) is 0 Å². The number of carbonyl (C=O) groups is 3. The average molecular weight is 490 g/mol. The summed E-state index contributed by atoms with van der Waals surface area (Å²) in [6.07, 6.45) is 2.93. The van der Waals surface area contributed by atoms with Crippen molar-refractivity contribution in [1.82, 2.24) is 15.1 Å². The van der Waals surface area contributed by atoms with Crippen LogP contribution in [0.25, 0.3) is 0 Å². The second kappa shape index (κ2) is 12.0. The van der Waals surface area contributed by atoms with Crippen LogP contribution in [0.4, 0.5) is 4.79 Å². The van der Waals surface area contributed by atoms with Gasteiger partial charge in [0.2, 0.25) is 0 Å². The molecule has 2 amide bonds. The zero-order valence-electron chi connectivity index (χ0n) is 19.7. The summed E-state index contributed by atoms with van der Waals surface area (Å²) >= 11 is 6.45. The lowest BCUT2D eigenvalue weighted by molar-refractivity contribution is -0.149. The lowest BCUT2D eigenvalue weighted by atomic mass is 9.93. The highest BCUT2D eigenvalue weighted by Crippen LogP contribution is 2.35. The van der Waals surface area contributed by atoms with E-state index in [4.69, 9.17) is 21.1 Å². The predicted octanol–water partition coefficient (Wildman–Crippen LogP) is 3.68. The zero-order chi connectivity index (χ0) is 24.7. The number of nitrogens with one attached hydrogen (secondary N) is 1. The van der Waals surface area contributed by atoms with Gasteiger partial charge in [-0.2, -0.15) is 0 Å². The van der Waals surface area contributed by atoms with Crippen molar-refractivity contribution in [1.29, 1.82) is 0 Å². The maximum absolute atomic E-state index is 13.2. The molecule has 184 valence electrons. The molecular formula is C25H32ClN3O5. The molecule has 3 rings (SSSR count). The van der Waals surface area contributed by atoms with E-state index in [0.717, 1.165) is 0 Å². The van der Waals surface area contributed by atoms with Gasteiger partial charge in [-0.1, -0.05) is 35.9 Å². The Bertz CT molecular complexity index is 956. The number of hydrogen-bond acceptors (Lipinski definition) is 6. The summed E-state index contributed by atoms with van der Waals surface area (Å²) in [7, 11) is 0. The van der Waals surface area contributed by atoms with Crippen LogP contribution in [-0.4, -0.2) is 67.2 Å². The molecule has 0 spiro atoms. The fraction of sp³-hybridized carbons (Fsp3) is 0.480. The molecule has 1 aromatic rings. The maximum Gasteiger partial charge on any atom is 0.338 e. The van der Waals surface area contributed by atoms with Crippen molar-refractivity contribution in [3.8, 4) is 0 Å². The first kappa shape index (κ1) is 25.8. The van der Waals surface area contributed by atoms with Gasteiger partial charge < -0.3 is 14.8 Å². The van der Waals surface area contributed by atoms with Gasteiger partial charge in [0, 0.05) is 23.8 Å². The van der Waals surface area contributed by atoms with E-state index in [-0.39, 0.29) is 31.1 Å². The third kappa shape index (κ3) is 5.80. The first-order valence-electron chi connectivity index (χ1n) is 11.6. The number of ether oxygens (including phenoxy) is 2. The third-order valence-corrected chi connectivity index (χ3v) is 6.39. The van der Waals surface area contributed by atoms with Gasteiger partial charge in [-0.25, -0.2) is 9.59 Å². The van der Waals surface area contributed by atoms with Crippen molar-refractivity contribution in [2.24, 2.45) is 5.92 Å². The van der Waals surface area contributed by atoms with Crippen LogP contribution < -0.4 is 5.32 Å². The Labute approximate surface area is 205 Å². The van der Waals surface area contributed by atoms with Crippen molar-refractivity contribution in [2.45, 2.75) is 32.7 Å². The summed E-state index contributed by atoms with van der Waals surface area (Å²) in [5.41, 5.74) is 1.53. The second-order valence-electron chi connectivity index (χ2n) is 8.19. The summed E-state index contributed by atoms with van der Waals surface area (Å²) in [5, 5.41) is 3.36. The predicted molar refractivity (Wildman–Crippen MR) is 129 cm³/mol. The van der Waals surface area contributed by atoms with Crippen molar-refractivity contribution in [3.63, 3.8) is 0 Å². The molecule has 0 aromatic heterocycles. The summed E-state index contributed by atoms with van der Waals surface area (Å²) in [4.78, 5) is 42.1. The summed E-state index contributed by atoms with van der Waals surface area (Å²) in [5.74, 6) is -0.805. The van der Waals surface area contributed by atoms with E-state index >= 15 is 0 Å². The molecule has 0 aliphatic carbocycles. The van der Waals surface area contributed by atoms with Gasteiger partial charge in [0.25, 0.3) is 0 Å². The van der Waals surface area contributed by atoms with E-state index in [9.17, 15) is 14.4 Å². The third-order valence-electron chi connectivity index (χ3n) is 6.04. The number of halogens is 1. The quantitative estimate of drug-likeness (QED) is 0.420. The number of nitrogens with zero attached hydrogens (tertiary/aromatic N) is 2. The van der Waals surface area contributed by atoms with Crippen LogP contribution >= 0.6 is 11.6 Å². The Balaban J connectivity index is 1.97. The number of amides is 2. The highest BCUT2D eigenvalue weighted by Gasteiger charge is 2.39. The molecule has 1 unspecified atom stereocenters. The first-order chi connectivity index (χ1) is 16.4. The van der Waals surface area contributed by atoms with Gasteiger partial charge >= 0.3 is 18.0 Å². The van der Waals surface area contributed by atoms with E-state index < -0.39 is 12.0 Å². The van der Waals surface area contributed by atoms with Crippen molar-refractivity contribution >= 4 is 29.6 Å². The Morgan fingerprint density at radius 3 is 2.47 bits per heavy atom. The minimum absolute atomic E-state index is 0.135. The molecule has 2 aliphatic rings. The van der Waals surface area contributed by atoms with Gasteiger partial charge in [-0.3, -0.25) is 14.6 Å². The van der Waals surface area contributed by atoms with Crippen molar-refractivity contribution < 1.29 is 23.9 Å². The largest absolute Gasteiger partial charge is 0.466 e. The number of urea groups is 1. The van der Waals surface area contributed by atoms with E-state index in [1.54, 1.807) is 38.1 Å². The van der Waals surface area contributed by atoms with Crippen LogP contribution in [0.3, 0.4) is 0 Å². The van der Waals surface area contributed by atoms with E-state index in [1.807, 2.05) is 6.07 Å². The fourth-order valence-electron chi connectivity index (χ4n) is 4.39. The minimum atomic E-state index is -0.742. The van der Waals surface area contributed by atoms with Gasteiger partial charge in [0.05, 0.1) is 30.7 Å². The van der Waals surface area contributed by atoms with Crippen LogP contribution in [0.1, 0.15) is 38.3 Å². The standard InChI is InChI=1S/C25H32ClN3O5/c1-4-13-29-20(16-28-14-11-17(12-15-28)23(30)33-5-2)21(24(31)34-6-3)22(27-25(29)32)18-9-7-8-10-19(18)26/h4,7-10,17,22H,1,5-6,11-16H2,2-3H3,(H,27,32). The molecule has 1 fully saturated rings. The fourth-order valence-corrected chi connectivity index (χ4v) is 4.63. The van der Waals surface area contributed by atoms with Crippen molar-refractivity contribution in [2.75, 3.05) is 39.4 Å². The van der Waals surface area contributed by atoms with Crippen LogP contribution in [0.15, 0.2) is 48.2 Å². The van der Waals surface area contributed by atoms with E-state index in [2.05, 4.69) is 16.8 Å². The Morgan fingerprint density at radius 1 is 1.18 bits per heavy atom. The van der Waals surface area contributed by atoms with Crippen LogP contribution in [0.2, 0.25) is 5.02 Å². The number of hydrogen-bond donors (Lipinski definition) is 1. The lowest BCUT2D eigenvalue weighted by Crippen LogP contribution is -2.51. The Morgan fingerprint density at radius 2 is 1.85 bits per heavy atom. The molecular weight excluding hydrogens is 458 g/mol. The monoisotopic (exact) mass is 489 g/mol. The number of benzene rings is 1. The molecule has 1 aromatic carbocycles. The summed E-state index contributed by atoms with van der Waals surface area (Å²) in [6.45, 7) is 9.75. The van der Waals surface area contributed by atoms with Crippen LogP contribution in [-0.2, 0) is 19.1 Å². The van der Waals surface area contributed by atoms with Crippen molar-refractivity contribution in [3.05, 3.63) is 58.8 Å². The van der Waals surface area contributed by atoms with Gasteiger partial charge in [0.15, 0.2) is 0 Å². The number of esters is 2. The van der Waals surface area contributed by atoms with Crippen LogP contribution in [0, 0.1) is 5.92 Å². The average Bonchev–Trinajstić information content (AvgIpc) is 2.82. The second-order valence-corrected chi connectivity index (χ2v) is 8.59. The molecule has 34 heavy (non-hydrogen) atoms. The molecule has 9 heteroatoms. The Hall–Kier alpha value is -2.84. The maximum atomic E-state index is 13.2. The normalized spacial score (nSPS) is 19.6. The number of likely N-dealkylation sites (tertiary alicyclic amines) is 1.